The lowest BCUT2D eigenvalue weighted by Gasteiger charge is -2.12. The molecule has 35 heavy (non-hydrogen) atoms. The third kappa shape index (κ3) is 5.90. The van der Waals surface area contributed by atoms with Gasteiger partial charge in [0.05, 0.1) is 5.56 Å². The lowest BCUT2D eigenvalue weighted by atomic mass is 10.0. The molecule has 0 aliphatic carbocycles. The number of ether oxygens (including phenoxy) is 5. The molecule has 1 atom stereocenters. The number of carbonyl (C=O) groups is 3. The molecule has 0 saturated heterocycles. The topological polar surface area (TPSA) is 148 Å². The fourth-order valence-electron chi connectivity index (χ4n) is 3.30. The molecule has 3 aromatic rings. The minimum Gasteiger partial charge on any atom is -0.479 e. The van der Waals surface area contributed by atoms with Gasteiger partial charge in [0.15, 0.2) is 6.10 Å². The highest BCUT2D eigenvalue weighted by Gasteiger charge is 2.21. The van der Waals surface area contributed by atoms with Crippen molar-refractivity contribution in [2.24, 2.45) is 0 Å². The molecule has 2 aromatic carbocycles. The van der Waals surface area contributed by atoms with Gasteiger partial charge in [0.25, 0.3) is 0 Å². The first-order chi connectivity index (χ1) is 16.8. The number of carboxylic acid groups (broad SMARTS) is 1. The van der Waals surface area contributed by atoms with Crippen LogP contribution in [0, 0.1) is 0 Å². The summed E-state index contributed by atoms with van der Waals surface area (Å²) >= 11 is 0. The van der Waals surface area contributed by atoms with Crippen molar-refractivity contribution in [3.63, 3.8) is 0 Å². The molecule has 0 bridgehead atoms. The van der Waals surface area contributed by atoms with Crippen LogP contribution >= 0.6 is 0 Å². The van der Waals surface area contributed by atoms with Gasteiger partial charge in [-0.1, -0.05) is 24.3 Å². The van der Waals surface area contributed by atoms with Crippen molar-refractivity contribution in [2.45, 2.75) is 6.10 Å². The Morgan fingerprint density at radius 2 is 1.57 bits per heavy atom. The van der Waals surface area contributed by atoms with Crippen LogP contribution in [-0.2, 0) is 28.6 Å². The quantitative estimate of drug-likeness (QED) is 0.332. The number of methoxy groups -OCH3 is 3. The van der Waals surface area contributed by atoms with Crippen LogP contribution in [0.25, 0.3) is 22.1 Å². The van der Waals surface area contributed by atoms with E-state index in [0.29, 0.717) is 11.1 Å². The summed E-state index contributed by atoms with van der Waals surface area (Å²) in [6, 6.07) is 8.63. The van der Waals surface area contributed by atoms with Crippen molar-refractivity contribution in [2.75, 3.05) is 34.5 Å². The Bertz CT molecular complexity index is 1290. The summed E-state index contributed by atoms with van der Waals surface area (Å²) in [5.41, 5.74) is 0.403. The van der Waals surface area contributed by atoms with E-state index in [4.69, 9.17) is 28.1 Å². The van der Waals surface area contributed by atoms with Crippen LogP contribution in [0.2, 0.25) is 0 Å². The molecular formula is C24H22O11. The fraction of sp³-hybridized carbons (Fsp3) is 0.250. The van der Waals surface area contributed by atoms with Crippen molar-refractivity contribution >= 4 is 28.9 Å². The maximum absolute atomic E-state index is 13.4. The smallest absolute Gasteiger partial charge is 0.337 e. The summed E-state index contributed by atoms with van der Waals surface area (Å²) in [4.78, 5) is 48.6. The molecule has 1 heterocycles. The highest BCUT2D eigenvalue weighted by atomic mass is 16.6. The molecule has 0 aliphatic heterocycles. The van der Waals surface area contributed by atoms with Crippen LogP contribution in [0.5, 0.6) is 11.5 Å². The zero-order valence-corrected chi connectivity index (χ0v) is 19.1. The number of rotatable bonds is 10. The molecule has 11 nitrogen and oxygen atoms in total. The highest BCUT2D eigenvalue weighted by Crippen LogP contribution is 2.32. The Balaban J connectivity index is 2.09. The van der Waals surface area contributed by atoms with Gasteiger partial charge >= 0.3 is 17.9 Å². The molecule has 0 spiro atoms. The molecular weight excluding hydrogens is 464 g/mol. The molecule has 0 aliphatic rings. The van der Waals surface area contributed by atoms with Crippen molar-refractivity contribution < 1.29 is 47.6 Å². The minimum atomic E-state index is -1.16. The predicted molar refractivity (Wildman–Crippen MR) is 120 cm³/mol. The number of carbonyl (C=O) groups excluding carboxylic acids is 2. The van der Waals surface area contributed by atoms with Crippen molar-refractivity contribution in [3.8, 4) is 22.6 Å². The molecule has 0 saturated carbocycles. The standard InChI is InChI=1S/C24H22O11/c1-30-11-19(25)34-15-8-17-21(18(9-15)35-20(26)12-31-2)22(27)16(10-33-17)13-4-6-14(7-5-13)23(32-3)24(28)29/h4-10,23H,11-12H2,1-3H3,(H,28,29)/t23-/m1/s1. The molecule has 184 valence electrons. The Kier molecular flexibility index (Phi) is 8.31. The Hall–Kier alpha value is -4.06. The van der Waals surface area contributed by atoms with E-state index in [0.717, 1.165) is 0 Å². The second kappa shape index (κ2) is 11.4. The van der Waals surface area contributed by atoms with E-state index in [1.165, 1.54) is 51.9 Å². The Morgan fingerprint density at radius 1 is 0.943 bits per heavy atom. The second-order valence-corrected chi connectivity index (χ2v) is 7.16. The van der Waals surface area contributed by atoms with Gasteiger partial charge in [0.2, 0.25) is 5.43 Å². The van der Waals surface area contributed by atoms with E-state index >= 15 is 0 Å². The van der Waals surface area contributed by atoms with E-state index in [1.54, 1.807) is 12.1 Å². The molecule has 0 amide bonds. The zero-order chi connectivity index (χ0) is 25.5. The van der Waals surface area contributed by atoms with Gasteiger partial charge in [-0.15, -0.1) is 0 Å². The summed E-state index contributed by atoms with van der Waals surface area (Å²) in [6.07, 6.45) is 0.0368. The normalized spacial score (nSPS) is 11.7. The largest absolute Gasteiger partial charge is 0.479 e. The Morgan fingerprint density at radius 3 is 2.14 bits per heavy atom. The van der Waals surface area contributed by atoms with Gasteiger partial charge in [-0.2, -0.15) is 0 Å². The van der Waals surface area contributed by atoms with Gasteiger partial charge in [0.1, 0.15) is 41.9 Å². The summed E-state index contributed by atoms with van der Waals surface area (Å²) in [7, 11) is 3.90. The van der Waals surface area contributed by atoms with Crippen LogP contribution in [0.1, 0.15) is 11.7 Å². The van der Waals surface area contributed by atoms with Crippen molar-refractivity contribution in [1.29, 1.82) is 0 Å². The molecule has 11 heteroatoms. The van der Waals surface area contributed by atoms with Gasteiger partial charge in [-0.3, -0.25) is 4.79 Å². The molecule has 1 aromatic heterocycles. The molecule has 1 N–H and O–H groups in total. The second-order valence-electron chi connectivity index (χ2n) is 7.16. The van der Waals surface area contributed by atoms with Crippen LogP contribution in [-0.4, -0.2) is 57.6 Å². The van der Waals surface area contributed by atoms with Gasteiger partial charge in [0, 0.05) is 33.5 Å². The molecule has 0 fully saturated rings. The van der Waals surface area contributed by atoms with E-state index in [-0.39, 0.29) is 41.2 Å². The summed E-state index contributed by atoms with van der Waals surface area (Å²) in [5.74, 6) is -2.88. The summed E-state index contributed by atoms with van der Waals surface area (Å²) in [6.45, 7) is -0.701. The average Bonchev–Trinajstić information content (AvgIpc) is 2.80. The van der Waals surface area contributed by atoms with Crippen molar-refractivity contribution in [3.05, 3.63) is 58.4 Å². The summed E-state index contributed by atoms with van der Waals surface area (Å²) < 4.78 is 30.5. The fourth-order valence-corrected chi connectivity index (χ4v) is 3.30. The average molecular weight is 486 g/mol. The number of aliphatic carboxylic acids is 1. The monoisotopic (exact) mass is 486 g/mol. The van der Waals surface area contributed by atoms with Gasteiger partial charge in [-0.25, -0.2) is 14.4 Å². The molecule has 0 radical (unpaired) electrons. The lowest BCUT2D eigenvalue weighted by Crippen LogP contribution is -2.17. The third-order valence-corrected chi connectivity index (χ3v) is 4.78. The molecule has 0 unspecified atom stereocenters. The van der Waals surface area contributed by atoms with Crippen LogP contribution in [0.3, 0.4) is 0 Å². The first-order valence-corrected chi connectivity index (χ1v) is 10.1. The number of hydrogen-bond acceptors (Lipinski definition) is 10. The number of esters is 2. The lowest BCUT2D eigenvalue weighted by molar-refractivity contribution is -0.149. The van der Waals surface area contributed by atoms with Crippen LogP contribution in [0.4, 0.5) is 0 Å². The summed E-state index contributed by atoms with van der Waals surface area (Å²) in [5, 5.41) is 9.18. The first kappa shape index (κ1) is 25.6. The van der Waals surface area contributed by atoms with Gasteiger partial charge < -0.3 is 33.2 Å². The molecule has 3 rings (SSSR count). The predicted octanol–water partition coefficient (Wildman–Crippen LogP) is 2.34. The van der Waals surface area contributed by atoms with Crippen LogP contribution in [0.15, 0.2) is 51.9 Å². The van der Waals surface area contributed by atoms with E-state index in [2.05, 4.69) is 0 Å². The van der Waals surface area contributed by atoms with E-state index in [9.17, 15) is 24.3 Å². The van der Waals surface area contributed by atoms with Crippen molar-refractivity contribution in [1.82, 2.24) is 0 Å². The Labute approximate surface area is 198 Å². The maximum Gasteiger partial charge on any atom is 0.337 e. The number of carboxylic acids is 1. The number of fused-ring (bicyclic) bond motifs is 1. The van der Waals surface area contributed by atoms with Gasteiger partial charge in [-0.05, 0) is 11.1 Å². The zero-order valence-electron chi connectivity index (χ0n) is 19.1. The number of benzene rings is 2. The van der Waals surface area contributed by atoms with E-state index in [1.807, 2.05) is 0 Å². The van der Waals surface area contributed by atoms with Crippen LogP contribution < -0.4 is 14.9 Å². The maximum atomic E-state index is 13.4. The first-order valence-electron chi connectivity index (χ1n) is 10.1. The minimum absolute atomic E-state index is 0.00336. The number of hydrogen-bond donors (Lipinski definition) is 1. The van der Waals surface area contributed by atoms with E-state index < -0.39 is 29.4 Å². The third-order valence-electron chi connectivity index (χ3n) is 4.78. The SMILES string of the molecule is COCC(=O)Oc1cc(OC(=O)COC)c2c(=O)c(-c3ccc([C@@H](OC)C(=O)O)cc3)coc2c1. The highest BCUT2D eigenvalue weighted by molar-refractivity contribution is 5.91.